The van der Waals surface area contributed by atoms with Gasteiger partial charge in [-0.25, -0.2) is 4.98 Å². The van der Waals surface area contributed by atoms with Crippen molar-refractivity contribution in [1.29, 1.82) is 0 Å². The van der Waals surface area contributed by atoms with E-state index < -0.39 is 0 Å². The minimum absolute atomic E-state index is 0.369. The molecule has 6 nitrogen and oxygen atoms in total. The smallest absolute Gasteiger partial charge is 0.226 e. The van der Waals surface area contributed by atoms with Crippen molar-refractivity contribution in [3.63, 3.8) is 0 Å². The van der Waals surface area contributed by atoms with E-state index in [1.54, 1.807) is 6.33 Å². The van der Waals surface area contributed by atoms with Gasteiger partial charge in [0.15, 0.2) is 11.5 Å². The van der Waals surface area contributed by atoms with Crippen LogP contribution in [0.5, 0.6) is 0 Å². The summed E-state index contributed by atoms with van der Waals surface area (Å²) in [5.74, 6) is 1.48. The Morgan fingerprint density at radius 1 is 1.19 bits per heavy atom. The molecule has 1 aliphatic carbocycles. The zero-order chi connectivity index (χ0) is 14.7. The maximum absolute atomic E-state index is 4.57. The van der Waals surface area contributed by atoms with Crippen molar-refractivity contribution in [2.45, 2.75) is 46.0 Å². The van der Waals surface area contributed by atoms with Crippen LogP contribution in [0.15, 0.2) is 6.33 Å². The molecule has 0 saturated heterocycles. The Kier molecular flexibility index (Phi) is 3.94. The van der Waals surface area contributed by atoms with Crippen molar-refractivity contribution in [3.8, 4) is 0 Å². The Hall–Kier alpha value is -1.85. The highest BCUT2D eigenvalue weighted by molar-refractivity contribution is 5.83. The van der Waals surface area contributed by atoms with Crippen LogP contribution in [0.1, 0.15) is 46.0 Å². The molecule has 1 aliphatic rings. The van der Waals surface area contributed by atoms with Gasteiger partial charge < -0.3 is 15.6 Å². The number of aromatic nitrogens is 4. The number of anilines is 2. The molecule has 0 atom stereocenters. The van der Waals surface area contributed by atoms with Crippen LogP contribution in [-0.2, 0) is 0 Å². The molecule has 0 radical (unpaired) electrons. The minimum atomic E-state index is 0.369. The molecule has 1 saturated carbocycles. The monoisotopic (exact) mass is 288 g/mol. The van der Waals surface area contributed by atoms with Crippen LogP contribution in [0.4, 0.5) is 11.8 Å². The van der Waals surface area contributed by atoms with Crippen LogP contribution in [0.25, 0.3) is 11.2 Å². The number of H-pyrrole nitrogens is 1. The summed E-state index contributed by atoms with van der Waals surface area (Å²) in [6.45, 7) is 6.15. The summed E-state index contributed by atoms with van der Waals surface area (Å²) in [5, 5.41) is 6.68. The maximum atomic E-state index is 4.57. The SMILES string of the molecule is CCNc1nc(NCC2(C)CCCCC2)c2[nH]cnc2n1. The van der Waals surface area contributed by atoms with E-state index in [1.807, 2.05) is 6.92 Å². The van der Waals surface area contributed by atoms with Gasteiger partial charge >= 0.3 is 0 Å². The van der Waals surface area contributed by atoms with Gasteiger partial charge in [-0.15, -0.1) is 0 Å². The van der Waals surface area contributed by atoms with E-state index in [4.69, 9.17) is 0 Å². The van der Waals surface area contributed by atoms with E-state index in [0.717, 1.165) is 24.4 Å². The van der Waals surface area contributed by atoms with Gasteiger partial charge in [0.05, 0.1) is 6.33 Å². The summed E-state index contributed by atoms with van der Waals surface area (Å²) in [5.41, 5.74) is 1.96. The molecule has 6 heteroatoms. The molecule has 2 aromatic rings. The Morgan fingerprint density at radius 3 is 2.76 bits per heavy atom. The van der Waals surface area contributed by atoms with Crippen molar-refractivity contribution < 1.29 is 0 Å². The second kappa shape index (κ2) is 5.87. The lowest BCUT2D eigenvalue weighted by Crippen LogP contribution is -2.29. The van der Waals surface area contributed by atoms with Gasteiger partial charge in [0, 0.05) is 13.1 Å². The first-order valence-corrected chi connectivity index (χ1v) is 7.89. The number of nitrogens with one attached hydrogen (secondary N) is 3. The van der Waals surface area contributed by atoms with Crippen LogP contribution < -0.4 is 10.6 Å². The molecule has 0 spiro atoms. The number of nitrogens with zero attached hydrogens (tertiary/aromatic N) is 3. The van der Waals surface area contributed by atoms with E-state index in [1.165, 1.54) is 32.1 Å². The number of aromatic amines is 1. The van der Waals surface area contributed by atoms with Crippen LogP contribution >= 0.6 is 0 Å². The maximum Gasteiger partial charge on any atom is 0.226 e. The first-order chi connectivity index (χ1) is 10.2. The zero-order valence-corrected chi connectivity index (χ0v) is 12.9. The van der Waals surface area contributed by atoms with Crippen LogP contribution in [-0.4, -0.2) is 33.0 Å². The molecule has 1 fully saturated rings. The highest BCUT2D eigenvalue weighted by atomic mass is 15.2. The second-order valence-electron chi connectivity index (χ2n) is 6.25. The first-order valence-electron chi connectivity index (χ1n) is 7.89. The molecule has 3 rings (SSSR count). The van der Waals surface area contributed by atoms with Gasteiger partial charge in [-0.05, 0) is 25.2 Å². The van der Waals surface area contributed by atoms with Gasteiger partial charge in [0.25, 0.3) is 0 Å². The number of hydrogen-bond acceptors (Lipinski definition) is 5. The predicted octanol–water partition coefficient (Wildman–Crippen LogP) is 3.17. The van der Waals surface area contributed by atoms with Gasteiger partial charge in [0.1, 0.15) is 5.52 Å². The zero-order valence-electron chi connectivity index (χ0n) is 12.9. The predicted molar refractivity (Wildman–Crippen MR) is 85.5 cm³/mol. The average molecular weight is 288 g/mol. The second-order valence-corrected chi connectivity index (χ2v) is 6.25. The quantitative estimate of drug-likeness (QED) is 0.787. The molecule has 2 aromatic heterocycles. The molecule has 0 aliphatic heterocycles. The van der Waals surface area contributed by atoms with Gasteiger partial charge in [-0.3, -0.25) is 0 Å². The van der Waals surface area contributed by atoms with E-state index in [9.17, 15) is 0 Å². The lowest BCUT2D eigenvalue weighted by molar-refractivity contribution is 0.233. The lowest BCUT2D eigenvalue weighted by Gasteiger charge is -2.33. The summed E-state index contributed by atoms with van der Waals surface area (Å²) < 4.78 is 0. The third-order valence-electron chi connectivity index (χ3n) is 4.36. The first kappa shape index (κ1) is 14.1. The van der Waals surface area contributed by atoms with Gasteiger partial charge in [-0.2, -0.15) is 9.97 Å². The molecular formula is C15H24N6. The highest BCUT2D eigenvalue weighted by Crippen LogP contribution is 2.36. The van der Waals surface area contributed by atoms with Crippen LogP contribution in [0.2, 0.25) is 0 Å². The average Bonchev–Trinajstić information content (AvgIpc) is 2.94. The number of fused-ring (bicyclic) bond motifs is 1. The normalized spacial score (nSPS) is 17.8. The summed E-state index contributed by atoms with van der Waals surface area (Å²) >= 11 is 0. The Labute approximate surface area is 125 Å². The summed E-state index contributed by atoms with van der Waals surface area (Å²) in [7, 11) is 0. The van der Waals surface area contributed by atoms with Gasteiger partial charge in [0.2, 0.25) is 5.95 Å². The number of hydrogen-bond donors (Lipinski definition) is 3. The summed E-state index contributed by atoms with van der Waals surface area (Å²) in [6.07, 6.45) is 8.30. The van der Waals surface area contributed by atoms with E-state index in [2.05, 4.69) is 37.5 Å². The molecule has 0 aromatic carbocycles. The molecule has 21 heavy (non-hydrogen) atoms. The van der Waals surface area contributed by atoms with E-state index >= 15 is 0 Å². The fourth-order valence-electron chi connectivity index (χ4n) is 3.08. The molecule has 0 bridgehead atoms. The summed E-state index contributed by atoms with van der Waals surface area (Å²) in [6, 6.07) is 0. The van der Waals surface area contributed by atoms with Crippen molar-refractivity contribution in [2.24, 2.45) is 5.41 Å². The van der Waals surface area contributed by atoms with E-state index in [-0.39, 0.29) is 0 Å². The molecule has 3 N–H and O–H groups in total. The molecule has 2 heterocycles. The molecular weight excluding hydrogens is 264 g/mol. The minimum Gasteiger partial charge on any atom is -0.368 e. The molecule has 114 valence electrons. The van der Waals surface area contributed by atoms with Gasteiger partial charge in [-0.1, -0.05) is 26.2 Å². The largest absolute Gasteiger partial charge is 0.368 e. The third-order valence-corrected chi connectivity index (χ3v) is 4.36. The highest BCUT2D eigenvalue weighted by Gasteiger charge is 2.27. The van der Waals surface area contributed by atoms with Crippen molar-refractivity contribution in [2.75, 3.05) is 23.7 Å². The van der Waals surface area contributed by atoms with Crippen LogP contribution in [0.3, 0.4) is 0 Å². The number of rotatable bonds is 5. The van der Waals surface area contributed by atoms with Crippen molar-refractivity contribution in [1.82, 2.24) is 19.9 Å². The molecule has 0 amide bonds. The Morgan fingerprint density at radius 2 is 2.00 bits per heavy atom. The van der Waals surface area contributed by atoms with Crippen molar-refractivity contribution in [3.05, 3.63) is 6.33 Å². The Balaban J connectivity index is 1.80. The fraction of sp³-hybridized carbons (Fsp3) is 0.667. The molecule has 0 unspecified atom stereocenters. The van der Waals surface area contributed by atoms with Crippen LogP contribution in [0, 0.1) is 5.41 Å². The number of imidazole rings is 1. The Bertz CT molecular complexity index is 599. The standard InChI is InChI=1S/C15H24N6/c1-3-16-14-20-12(11-13(21-14)19-10-18-11)17-9-15(2)7-5-4-6-8-15/h10H,3-9H2,1-2H3,(H3,16,17,18,19,20,21). The topological polar surface area (TPSA) is 78.5 Å². The fourth-order valence-corrected chi connectivity index (χ4v) is 3.08. The lowest BCUT2D eigenvalue weighted by atomic mass is 9.76. The summed E-state index contributed by atoms with van der Waals surface area (Å²) in [4.78, 5) is 16.3. The third kappa shape index (κ3) is 3.09. The van der Waals surface area contributed by atoms with E-state index in [0.29, 0.717) is 17.0 Å². The van der Waals surface area contributed by atoms with Crippen molar-refractivity contribution >= 4 is 22.9 Å².